The number of carbonyl (C=O) groups excluding carboxylic acids is 1. The lowest BCUT2D eigenvalue weighted by molar-refractivity contribution is 0.0953. The van der Waals surface area contributed by atoms with Gasteiger partial charge in [-0.05, 0) is 18.6 Å². The second kappa shape index (κ2) is 5.84. The van der Waals surface area contributed by atoms with Gasteiger partial charge in [-0.25, -0.2) is 4.98 Å². The maximum atomic E-state index is 11.7. The molecule has 0 aliphatic carbocycles. The van der Waals surface area contributed by atoms with E-state index in [0.29, 0.717) is 12.1 Å². The van der Waals surface area contributed by atoms with Gasteiger partial charge in [0.1, 0.15) is 5.82 Å². The number of carbonyl (C=O) groups is 1. The molecule has 2 aromatic rings. The summed E-state index contributed by atoms with van der Waals surface area (Å²) in [5, 5.41) is 2.88. The first-order valence-corrected chi connectivity index (χ1v) is 5.68. The van der Waals surface area contributed by atoms with Gasteiger partial charge in [-0.1, -0.05) is 18.2 Å². The van der Waals surface area contributed by atoms with Crippen molar-refractivity contribution in [2.24, 2.45) is 0 Å². The zero-order valence-corrected chi connectivity index (χ0v) is 9.52. The number of aromatic nitrogens is 2. The summed E-state index contributed by atoms with van der Waals surface area (Å²) in [6.07, 6.45) is 5.27. The Hall–Kier alpha value is -2.10. The molecule has 4 heteroatoms. The Morgan fingerprint density at radius 3 is 2.82 bits per heavy atom. The van der Waals surface area contributed by atoms with Crippen LogP contribution in [0.1, 0.15) is 22.6 Å². The van der Waals surface area contributed by atoms with Gasteiger partial charge in [0.2, 0.25) is 0 Å². The Morgan fingerprint density at radius 1 is 1.29 bits per heavy atom. The molecule has 0 aliphatic rings. The molecule has 1 aromatic carbocycles. The largest absolute Gasteiger partial charge is 0.352 e. The first-order chi connectivity index (χ1) is 8.36. The van der Waals surface area contributed by atoms with Crippen LogP contribution in [-0.4, -0.2) is 22.4 Å². The molecule has 1 amide bonds. The summed E-state index contributed by atoms with van der Waals surface area (Å²) >= 11 is 0. The number of hydrogen-bond acceptors (Lipinski definition) is 2. The van der Waals surface area contributed by atoms with E-state index in [4.69, 9.17) is 0 Å². The molecule has 2 rings (SSSR count). The summed E-state index contributed by atoms with van der Waals surface area (Å²) in [4.78, 5) is 18.8. The third-order valence-corrected chi connectivity index (χ3v) is 2.47. The van der Waals surface area contributed by atoms with E-state index in [1.807, 2.05) is 30.3 Å². The maximum absolute atomic E-state index is 11.7. The minimum Gasteiger partial charge on any atom is -0.352 e. The molecule has 0 saturated carbocycles. The fourth-order valence-electron chi connectivity index (χ4n) is 1.58. The SMILES string of the molecule is O=C(NCCCc1ncc[nH]1)c1ccccc1. The predicted octanol–water partition coefficient (Wildman–Crippen LogP) is 1.77. The number of benzene rings is 1. The van der Waals surface area contributed by atoms with E-state index in [1.54, 1.807) is 12.4 Å². The first-order valence-electron chi connectivity index (χ1n) is 5.68. The van der Waals surface area contributed by atoms with E-state index in [2.05, 4.69) is 15.3 Å². The minimum atomic E-state index is -0.0231. The van der Waals surface area contributed by atoms with Crippen LogP contribution >= 0.6 is 0 Å². The number of nitrogens with zero attached hydrogens (tertiary/aromatic N) is 1. The lowest BCUT2D eigenvalue weighted by Crippen LogP contribution is -2.24. The highest BCUT2D eigenvalue weighted by atomic mass is 16.1. The minimum absolute atomic E-state index is 0.0231. The van der Waals surface area contributed by atoms with E-state index in [1.165, 1.54) is 0 Å². The van der Waals surface area contributed by atoms with Gasteiger partial charge in [0.15, 0.2) is 0 Å². The van der Waals surface area contributed by atoms with Gasteiger partial charge in [-0.15, -0.1) is 0 Å². The van der Waals surface area contributed by atoms with Crippen molar-refractivity contribution in [3.63, 3.8) is 0 Å². The van der Waals surface area contributed by atoms with Crippen LogP contribution in [0.3, 0.4) is 0 Å². The first kappa shape index (κ1) is 11.4. The van der Waals surface area contributed by atoms with Crippen molar-refractivity contribution in [1.82, 2.24) is 15.3 Å². The van der Waals surface area contributed by atoms with Crippen LogP contribution in [0, 0.1) is 0 Å². The van der Waals surface area contributed by atoms with E-state index in [9.17, 15) is 4.79 Å². The maximum Gasteiger partial charge on any atom is 0.251 e. The molecule has 1 aromatic heterocycles. The van der Waals surface area contributed by atoms with Crippen molar-refractivity contribution >= 4 is 5.91 Å². The number of nitrogens with one attached hydrogen (secondary N) is 2. The van der Waals surface area contributed by atoms with Crippen LogP contribution < -0.4 is 5.32 Å². The molecule has 2 N–H and O–H groups in total. The molecule has 4 nitrogen and oxygen atoms in total. The van der Waals surface area contributed by atoms with Crippen molar-refractivity contribution in [3.05, 3.63) is 54.1 Å². The van der Waals surface area contributed by atoms with Crippen molar-refractivity contribution in [2.45, 2.75) is 12.8 Å². The van der Waals surface area contributed by atoms with Crippen LogP contribution in [0.4, 0.5) is 0 Å². The molecule has 0 saturated heterocycles. The highest BCUT2D eigenvalue weighted by Gasteiger charge is 2.03. The lowest BCUT2D eigenvalue weighted by Gasteiger charge is -2.04. The van der Waals surface area contributed by atoms with Gasteiger partial charge in [-0.2, -0.15) is 0 Å². The molecule has 0 radical (unpaired) electrons. The Labute approximate surface area is 100 Å². The Bertz CT molecular complexity index is 451. The molecule has 0 spiro atoms. The van der Waals surface area contributed by atoms with Crippen molar-refractivity contribution in [1.29, 1.82) is 0 Å². The highest BCUT2D eigenvalue weighted by molar-refractivity contribution is 5.94. The molecular formula is C13H15N3O. The highest BCUT2D eigenvalue weighted by Crippen LogP contribution is 1.98. The number of imidazole rings is 1. The smallest absolute Gasteiger partial charge is 0.251 e. The summed E-state index contributed by atoms with van der Waals surface area (Å²) < 4.78 is 0. The summed E-state index contributed by atoms with van der Waals surface area (Å²) in [5.41, 5.74) is 0.700. The molecule has 1 heterocycles. The third kappa shape index (κ3) is 3.45. The normalized spacial score (nSPS) is 10.1. The molecule has 0 bridgehead atoms. The Balaban J connectivity index is 1.70. The zero-order chi connectivity index (χ0) is 11.9. The second-order valence-electron chi connectivity index (χ2n) is 3.76. The average molecular weight is 229 g/mol. The number of H-pyrrole nitrogens is 1. The lowest BCUT2D eigenvalue weighted by atomic mass is 10.2. The van der Waals surface area contributed by atoms with Gasteiger partial charge < -0.3 is 10.3 Å². The zero-order valence-electron chi connectivity index (χ0n) is 9.52. The third-order valence-electron chi connectivity index (χ3n) is 2.47. The number of rotatable bonds is 5. The molecule has 88 valence electrons. The number of aryl methyl sites for hydroxylation is 1. The van der Waals surface area contributed by atoms with Gasteiger partial charge in [0.25, 0.3) is 5.91 Å². The average Bonchev–Trinajstić information content (AvgIpc) is 2.88. The monoisotopic (exact) mass is 229 g/mol. The summed E-state index contributed by atoms with van der Waals surface area (Å²) in [7, 11) is 0. The number of aromatic amines is 1. The van der Waals surface area contributed by atoms with Crippen LogP contribution in [-0.2, 0) is 6.42 Å². The van der Waals surface area contributed by atoms with Crippen LogP contribution in [0.2, 0.25) is 0 Å². The topological polar surface area (TPSA) is 57.8 Å². The summed E-state index contributed by atoms with van der Waals surface area (Å²) in [6.45, 7) is 0.661. The van der Waals surface area contributed by atoms with Gasteiger partial charge in [-0.3, -0.25) is 4.79 Å². The van der Waals surface area contributed by atoms with E-state index >= 15 is 0 Å². The van der Waals surface area contributed by atoms with Crippen molar-refractivity contribution in [2.75, 3.05) is 6.54 Å². The predicted molar refractivity (Wildman–Crippen MR) is 65.7 cm³/mol. The fourth-order valence-corrected chi connectivity index (χ4v) is 1.58. The van der Waals surface area contributed by atoms with Gasteiger partial charge in [0, 0.05) is 30.9 Å². The van der Waals surface area contributed by atoms with Crippen molar-refractivity contribution in [3.8, 4) is 0 Å². The van der Waals surface area contributed by atoms with Crippen LogP contribution in [0.15, 0.2) is 42.7 Å². The summed E-state index contributed by atoms with van der Waals surface area (Å²) in [6, 6.07) is 9.23. The van der Waals surface area contributed by atoms with Crippen LogP contribution in [0.5, 0.6) is 0 Å². The molecule has 0 atom stereocenters. The fraction of sp³-hybridized carbons (Fsp3) is 0.231. The van der Waals surface area contributed by atoms with E-state index in [0.717, 1.165) is 18.7 Å². The second-order valence-corrected chi connectivity index (χ2v) is 3.76. The number of amides is 1. The van der Waals surface area contributed by atoms with Crippen molar-refractivity contribution < 1.29 is 4.79 Å². The Kier molecular flexibility index (Phi) is 3.91. The molecule has 0 unspecified atom stereocenters. The molecule has 0 fully saturated rings. The van der Waals surface area contributed by atoms with Crippen LogP contribution in [0.25, 0.3) is 0 Å². The van der Waals surface area contributed by atoms with E-state index < -0.39 is 0 Å². The quantitative estimate of drug-likeness (QED) is 0.768. The van der Waals surface area contributed by atoms with E-state index in [-0.39, 0.29) is 5.91 Å². The van der Waals surface area contributed by atoms with Gasteiger partial charge in [0.05, 0.1) is 0 Å². The van der Waals surface area contributed by atoms with Gasteiger partial charge >= 0.3 is 0 Å². The molecule has 17 heavy (non-hydrogen) atoms. The summed E-state index contributed by atoms with van der Waals surface area (Å²) in [5.74, 6) is 0.934. The molecular weight excluding hydrogens is 214 g/mol. The standard InChI is InChI=1S/C13H15N3O/c17-13(11-5-2-1-3-6-11)16-8-4-7-12-14-9-10-15-12/h1-3,5-6,9-10H,4,7-8H2,(H,14,15)(H,16,17). The Morgan fingerprint density at radius 2 is 2.12 bits per heavy atom. The molecule has 0 aliphatic heterocycles. The number of hydrogen-bond donors (Lipinski definition) is 2.